The maximum Gasteiger partial charge on any atom is 0.224 e. The molecule has 22 heavy (non-hydrogen) atoms. The van der Waals surface area contributed by atoms with E-state index in [4.69, 9.17) is 23.2 Å². The Balaban J connectivity index is 1.72. The Bertz CT molecular complexity index is 642. The van der Waals surface area contributed by atoms with Gasteiger partial charge in [-0.3, -0.25) is 0 Å². The Morgan fingerprint density at radius 1 is 1.05 bits per heavy atom. The Morgan fingerprint density at radius 3 is 2.68 bits per heavy atom. The first-order valence-electron chi connectivity index (χ1n) is 7.53. The molecule has 4 nitrogen and oxygen atoms in total. The molecular weight excluding hydrogens is 319 g/mol. The van der Waals surface area contributed by atoms with Crippen LogP contribution in [0.3, 0.4) is 0 Å². The van der Waals surface area contributed by atoms with Crippen LogP contribution in [-0.4, -0.2) is 16.0 Å². The Hall–Kier alpha value is -1.52. The predicted molar refractivity (Wildman–Crippen MR) is 92.3 cm³/mol. The predicted octanol–water partition coefficient (Wildman–Crippen LogP) is 5.27. The molecule has 3 rings (SSSR count). The van der Waals surface area contributed by atoms with Crippen molar-refractivity contribution < 1.29 is 0 Å². The van der Waals surface area contributed by atoms with Crippen LogP contribution in [0.5, 0.6) is 0 Å². The maximum absolute atomic E-state index is 6.19. The van der Waals surface area contributed by atoms with E-state index >= 15 is 0 Å². The van der Waals surface area contributed by atoms with E-state index in [1.165, 1.54) is 32.1 Å². The number of halogens is 2. The zero-order valence-electron chi connectivity index (χ0n) is 12.1. The van der Waals surface area contributed by atoms with E-state index in [1.807, 2.05) is 18.2 Å². The van der Waals surface area contributed by atoms with Crippen LogP contribution >= 0.6 is 23.2 Å². The van der Waals surface area contributed by atoms with Gasteiger partial charge in [0, 0.05) is 12.2 Å². The van der Waals surface area contributed by atoms with Gasteiger partial charge in [-0.05, 0) is 31.0 Å². The van der Waals surface area contributed by atoms with Crippen molar-refractivity contribution in [2.24, 2.45) is 0 Å². The lowest BCUT2D eigenvalue weighted by molar-refractivity contribution is 0.461. The third kappa shape index (κ3) is 3.81. The first-order chi connectivity index (χ1) is 10.7. The fourth-order valence-electron chi connectivity index (χ4n) is 2.67. The second-order valence-electron chi connectivity index (χ2n) is 5.47. The molecule has 116 valence electrons. The molecule has 1 aromatic carbocycles. The topological polar surface area (TPSA) is 49.8 Å². The van der Waals surface area contributed by atoms with Gasteiger partial charge in [-0.25, -0.2) is 4.98 Å². The van der Waals surface area contributed by atoms with E-state index in [0.717, 1.165) is 5.69 Å². The summed E-state index contributed by atoms with van der Waals surface area (Å²) in [6.45, 7) is 0. The molecule has 2 aromatic rings. The Kier molecular flexibility index (Phi) is 5.01. The quantitative estimate of drug-likeness (QED) is 0.798. The van der Waals surface area contributed by atoms with Crippen LogP contribution in [0.4, 0.5) is 17.5 Å². The molecule has 1 aromatic heterocycles. The first kappa shape index (κ1) is 15.4. The molecule has 1 aliphatic rings. The number of anilines is 3. The third-order valence-corrected chi connectivity index (χ3v) is 4.63. The van der Waals surface area contributed by atoms with Gasteiger partial charge in [0.25, 0.3) is 0 Å². The summed E-state index contributed by atoms with van der Waals surface area (Å²) in [5.41, 5.74) is 0.733. The summed E-state index contributed by atoms with van der Waals surface area (Å²) in [5.74, 6) is 1.34. The van der Waals surface area contributed by atoms with Gasteiger partial charge in [-0.1, -0.05) is 48.5 Å². The van der Waals surface area contributed by atoms with E-state index < -0.39 is 0 Å². The van der Waals surface area contributed by atoms with Crippen molar-refractivity contribution >= 4 is 40.7 Å². The van der Waals surface area contributed by atoms with Crippen molar-refractivity contribution in [1.29, 1.82) is 0 Å². The molecule has 0 amide bonds. The Morgan fingerprint density at radius 2 is 1.86 bits per heavy atom. The average Bonchev–Trinajstić information content (AvgIpc) is 2.53. The summed E-state index contributed by atoms with van der Waals surface area (Å²) in [7, 11) is 0. The molecule has 0 spiro atoms. The zero-order chi connectivity index (χ0) is 15.4. The van der Waals surface area contributed by atoms with Gasteiger partial charge in [-0.15, -0.1) is 0 Å². The summed E-state index contributed by atoms with van der Waals surface area (Å²) >= 11 is 12.2. The summed E-state index contributed by atoms with van der Waals surface area (Å²) in [5, 5.41) is 7.60. The molecule has 0 atom stereocenters. The Labute approximate surface area is 140 Å². The average molecular weight is 337 g/mol. The highest BCUT2D eigenvalue weighted by Crippen LogP contribution is 2.31. The van der Waals surface area contributed by atoms with Crippen molar-refractivity contribution in [3.05, 3.63) is 40.5 Å². The molecule has 0 unspecified atom stereocenters. The lowest BCUT2D eigenvalue weighted by atomic mass is 9.96. The van der Waals surface area contributed by atoms with Gasteiger partial charge in [0.2, 0.25) is 5.95 Å². The fraction of sp³-hybridized carbons (Fsp3) is 0.375. The van der Waals surface area contributed by atoms with Crippen LogP contribution in [0.2, 0.25) is 10.0 Å². The number of nitrogens with zero attached hydrogens (tertiary/aromatic N) is 2. The molecule has 6 heteroatoms. The summed E-state index contributed by atoms with van der Waals surface area (Å²) in [4.78, 5) is 8.79. The molecule has 1 heterocycles. The molecular formula is C16H18Cl2N4. The third-order valence-electron chi connectivity index (χ3n) is 3.81. The number of rotatable bonds is 4. The van der Waals surface area contributed by atoms with Crippen LogP contribution in [0.25, 0.3) is 0 Å². The summed E-state index contributed by atoms with van der Waals surface area (Å²) < 4.78 is 0. The summed E-state index contributed by atoms with van der Waals surface area (Å²) in [6.07, 6.45) is 7.97. The maximum atomic E-state index is 6.19. The number of hydrogen-bond donors (Lipinski definition) is 2. The monoisotopic (exact) mass is 336 g/mol. The molecule has 0 saturated heterocycles. The molecule has 1 fully saturated rings. The molecule has 0 bridgehead atoms. The molecule has 2 N–H and O–H groups in total. The van der Waals surface area contributed by atoms with Gasteiger partial charge < -0.3 is 10.6 Å². The minimum absolute atomic E-state index is 0.471. The van der Waals surface area contributed by atoms with Gasteiger partial charge in [0.1, 0.15) is 5.82 Å². The number of nitrogens with one attached hydrogen (secondary N) is 2. The first-order valence-corrected chi connectivity index (χ1v) is 8.28. The van der Waals surface area contributed by atoms with Crippen molar-refractivity contribution in [2.45, 2.75) is 38.1 Å². The van der Waals surface area contributed by atoms with Gasteiger partial charge >= 0.3 is 0 Å². The molecule has 0 aliphatic heterocycles. The van der Waals surface area contributed by atoms with Crippen molar-refractivity contribution in [1.82, 2.24) is 9.97 Å². The smallest absolute Gasteiger partial charge is 0.224 e. The van der Waals surface area contributed by atoms with Crippen LogP contribution in [0, 0.1) is 0 Å². The standard InChI is InChI=1S/C16H18Cl2N4/c17-12-7-4-8-13(15(12)18)21-14-9-10-19-16(22-14)20-11-5-2-1-3-6-11/h4,7-11H,1-3,5-6H2,(H2,19,20,21,22). The highest BCUT2D eigenvalue weighted by molar-refractivity contribution is 6.43. The lowest BCUT2D eigenvalue weighted by Crippen LogP contribution is -2.23. The van der Waals surface area contributed by atoms with Crippen molar-refractivity contribution in [3.8, 4) is 0 Å². The van der Waals surface area contributed by atoms with E-state index in [-0.39, 0.29) is 0 Å². The van der Waals surface area contributed by atoms with E-state index in [0.29, 0.717) is 27.9 Å². The van der Waals surface area contributed by atoms with Crippen molar-refractivity contribution in [3.63, 3.8) is 0 Å². The molecule has 1 aliphatic carbocycles. The largest absolute Gasteiger partial charge is 0.351 e. The SMILES string of the molecule is Clc1cccc(Nc2ccnc(NC3CCCCC3)n2)c1Cl. The van der Waals surface area contributed by atoms with Crippen LogP contribution < -0.4 is 10.6 Å². The van der Waals surface area contributed by atoms with E-state index in [2.05, 4.69) is 20.6 Å². The summed E-state index contributed by atoms with van der Waals surface area (Å²) in [6, 6.07) is 7.75. The lowest BCUT2D eigenvalue weighted by Gasteiger charge is -2.22. The minimum Gasteiger partial charge on any atom is -0.351 e. The zero-order valence-corrected chi connectivity index (χ0v) is 13.7. The second-order valence-corrected chi connectivity index (χ2v) is 6.26. The fourth-order valence-corrected chi connectivity index (χ4v) is 3.01. The number of hydrogen-bond acceptors (Lipinski definition) is 4. The highest BCUT2D eigenvalue weighted by atomic mass is 35.5. The second kappa shape index (κ2) is 7.16. The van der Waals surface area contributed by atoms with Crippen molar-refractivity contribution in [2.75, 3.05) is 10.6 Å². The minimum atomic E-state index is 0.471. The van der Waals surface area contributed by atoms with Crippen LogP contribution in [0.1, 0.15) is 32.1 Å². The normalized spacial score (nSPS) is 15.5. The van der Waals surface area contributed by atoms with E-state index in [9.17, 15) is 0 Å². The van der Waals surface area contributed by atoms with Gasteiger partial charge in [0.15, 0.2) is 0 Å². The van der Waals surface area contributed by atoms with E-state index in [1.54, 1.807) is 12.3 Å². The van der Waals surface area contributed by atoms with Gasteiger partial charge in [0.05, 0.1) is 15.7 Å². The number of aromatic nitrogens is 2. The molecule has 1 saturated carbocycles. The van der Waals surface area contributed by atoms with Gasteiger partial charge in [-0.2, -0.15) is 4.98 Å². The van der Waals surface area contributed by atoms with Crippen LogP contribution in [0.15, 0.2) is 30.5 Å². The molecule has 0 radical (unpaired) electrons. The number of benzene rings is 1. The highest BCUT2D eigenvalue weighted by Gasteiger charge is 2.14. The van der Waals surface area contributed by atoms with Crippen LogP contribution in [-0.2, 0) is 0 Å².